The van der Waals surface area contributed by atoms with Gasteiger partial charge < -0.3 is 0 Å². The van der Waals surface area contributed by atoms with Crippen LogP contribution in [0.5, 0.6) is 11.5 Å². The van der Waals surface area contributed by atoms with E-state index in [2.05, 4.69) is 34.6 Å². The van der Waals surface area contributed by atoms with Crippen LogP contribution in [0.2, 0.25) is 0 Å². The zero-order valence-electron chi connectivity index (χ0n) is 10.00. The predicted octanol–water partition coefficient (Wildman–Crippen LogP) is 4.08. The van der Waals surface area contributed by atoms with Crippen LogP contribution in [0.4, 0.5) is 0 Å². The van der Waals surface area contributed by atoms with Crippen LogP contribution in [0, 0.1) is 0 Å². The molecule has 0 N–H and O–H groups in total. The second-order valence-electron chi connectivity index (χ2n) is 4.10. The summed E-state index contributed by atoms with van der Waals surface area (Å²) in [4.78, 5) is 0. The fourth-order valence-electron chi connectivity index (χ4n) is 1.98. The zero-order valence-corrected chi connectivity index (χ0v) is 12.6. The molecule has 18 heavy (non-hydrogen) atoms. The summed E-state index contributed by atoms with van der Waals surface area (Å²) in [6.45, 7) is 2.08. The first-order chi connectivity index (χ1) is 8.72. The molecule has 92 valence electrons. The van der Waals surface area contributed by atoms with E-state index in [-0.39, 0.29) is 0 Å². The molecule has 4 heteroatoms. The van der Waals surface area contributed by atoms with E-state index < -0.39 is 6.41 Å². The van der Waals surface area contributed by atoms with Crippen LogP contribution in [0.15, 0.2) is 48.5 Å². The Kier molecular flexibility index (Phi) is 3.07. The molecular formula is C14H13O2PSe. The Hall–Kier alpha value is -1.01. The summed E-state index contributed by atoms with van der Waals surface area (Å²) in [6.07, 6.45) is -1.13. The van der Waals surface area contributed by atoms with Crippen molar-refractivity contribution in [2.45, 2.75) is 6.92 Å². The molecular weight excluding hydrogens is 310 g/mol. The molecule has 0 radical (unpaired) electrons. The van der Waals surface area contributed by atoms with Gasteiger partial charge in [0.05, 0.1) is 0 Å². The van der Waals surface area contributed by atoms with Gasteiger partial charge in [-0.2, -0.15) is 0 Å². The third-order valence-corrected chi connectivity index (χ3v) is 7.21. The van der Waals surface area contributed by atoms with E-state index in [1.807, 2.05) is 36.4 Å². The van der Waals surface area contributed by atoms with Crippen LogP contribution < -0.4 is 9.05 Å². The Labute approximate surface area is 115 Å². The van der Waals surface area contributed by atoms with Gasteiger partial charge in [0.2, 0.25) is 0 Å². The average molecular weight is 323 g/mol. The summed E-state index contributed by atoms with van der Waals surface area (Å²) in [6, 6.07) is 16.2. The van der Waals surface area contributed by atoms with E-state index in [0.717, 1.165) is 28.8 Å². The Morgan fingerprint density at radius 1 is 0.889 bits per heavy atom. The number of hydrogen-bond acceptors (Lipinski definition) is 2. The van der Waals surface area contributed by atoms with E-state index in [1.165, 1.54) is 0 Å². The molecule has 3 rings (SSSR count). The van der Waals surface area contributed by atoms with Crippen molar-refractivity contribution in [3.63, 3.8) is 0 Å². The summed E-state index contributed by atoms with van der Waals surface area (Å²) < 4.78 is 12.2. The first-order valence-corrected chi connectivity index (χ1v) is 9.91. The molecule has 2 aromatic rings. The van der Waals surface area contributed by atoms with E-state index in [4.69, 9.17) is 9.05 Å². The zero-order chi connectivity index (χ0) is 12.6. The van der Waals surface area contributed by atoms with Crippen molar-refractivity contribution in [2.24, 2.45) is 0 Å². The fourth-order valence-corrected chi connectivity index (χ4v) is 4.21. The molecule has 0 spiro atoms. The molecule has 0 amide bonds. The van der Waals surface area contributed by atoms with Crippen molar-refractivity contribution in [2.75, 3.05) is 6.16 Å². The molecule has 0 saturated carbocycles. The quantitative estimate of drug-likeness (QED) is 0.582. The molecule has 0 aliphatic carbocycles. The summed E-state index contributed by atoms with van der Waals surface area (Å²) in [5.41, 5.74) is 2.19. The fraction of sp³-hybridized carbons (Fsp3) is 0.143. The molecule has 2 nitrogen and oxygen atoms in total. The van der Waals surface area contributed by atoms with Crippen LogP contribution in [-0.4, -0.2) is 21.7 Å². The summed E-state index contributed by atoms with van der Waals surface area (Å²) in [5, 5.41) is 0. The van der Waals surface area contributed by atoms with Gasteiger partial charge in [-0.25, -0.2) is 0 Å². The molecule has 0 aromatic heterocycles. The number of hydrogen-bond donors (Lipinski definition) is 0. The normalized spacial score (nSPS) is 15.7. The average Bonchev–Trinajstić information content (AvgIpc) is 2.52. The second kappa shape index (κ2) is 4.59. The van der Waals surface area contributed by atoms with E-state index in [1.54, 1.807) is 0 Å². The van der Waals surface area contributed by atoms with Crippen LogP contribution in [-0.2, 0) is 0 Å². The van der Waals surface area contributed by atoms with Crippen molar-refractivity contribution in [3.8, 4) is 22.6 Å². The summed E-state index contributed by atoms with van der Waals surface area (Å²) in [7, 11) is 0. The Morgan fingerprint density at radius 2 is 1.33 bits per heavy atom. The second-order valence-corrected chi connectivity index (χ2v) is 9.82. The number of fused-ring (bicyclic) bond motifs is 3. The van der Waals surface area contributed by atoms with Gasteiger partial charge in [-0.15, -0.1) is 0 Å². The minimum absolute atomic E-state index is 0.843. The Morgan fingerprint density at radius 3 is 1.78 bits per heavy atom. The van der Waals surface area contributed by atoms with Gasteiger partial charge in [0.15, 0.2) is 0 Å². The summed E-state index contributed by atoms with van der Waals surface area (Å²) in [5.74, 6) is 1.80. The van der Waals surface area contributed by atoms with Gasteiger partial charge in [-0.1, -0.05) is 0 Å². The maximum atomic E-state index is 6.11. The number of para-hydroxylation sites is 2. The first-order valence-electron chi connectivity index (χ1n) is 5.88. The van der Waals surface area contributed by atoms with Crippen molar-refractivity contribution in [1.82, 2.24) is 0 Å². The minimum atomic E-state index is -1.98. The Balaban J connectivity index is 2.24. The number of benzene rings is 2. The molecule has 2 aromatic carbocycles. The summed E-state index contributed by atoms with van der Waals surface area (Å²) >= 11 is 3.13. The molecule has 0 bridgehead atoms. The topological polar surface area (TPSA) is 18.5 Å². The molecule has 1 aliphatic rings. The van der Waals surface area contributed by atoms with Crippen molar-refractivity contribution in [3.05, 3.63) is 48.5 Å². The Bertz CT molecular complexity index is 538. The van der Waals surface area contributed by atoms with Crippen LogP contribution >= 0.6 is 6.41 Å². The monoisotopic (exact) mass is 324 g/mol. The van der Waals surface area contributed by atoms with Gasteiger partial charge in [0, 0.05) is 0 Å². The van der Waals surface area contributed by atoms with Crippen LogP contribution in [0.3, 0.4) is 0 Å². The molecule has 0 atom stereocenters. The van der Waals surface area contributed by atoms with Gasteiger partial charge in [0.25, 0.3) is 0 Å². The number of rotatable bonds is 1. The predicted molar refractivity (Wildman–Crippen MR) is 76.3 cm³/mol. The van der Waals surface area contributed by atoms with E-state index in [0.29, 0.717) is 0 Å². The van der Waals surface area contributed by atoms with Crippen LogP contribution in [0.1, 0.15) is 6.92 Å². The SMILES string of the molecule is CC[P+]1([Se-])Oc2ccccc2-c2ccccc2O1. The van der Waals surface area contributed by atoms with E-state index >= 15 is 0 Å². The van der Waals surface area contributed by atoms with Crippen molar-refractivity contribution in [1.29, 1.82) is 0 Å². The van der Waals surface area contributed by atoms with Gasteiger partial charge in [-0.3, -0.25) is 0 Å². The van der Waals surface area contributed by atoms with E-state index in [9.17, 15) is 0 Å². The molecule has 1 aliphatic heterocycles. The van der Waals surface area contributed by atoms with Crippen molar-refractivity contribution < 1.29 is 9.05 Å². The standard InChI is InChI=1S/C14H13O2PSe/c1-2-17(18)15-13-9-5-3-7-11(13)12-8-4-6-10-14(12)16-17/h3-10H,2H2,1H3. The molecule has 1 heterocycles. The first kappa shape index (κ1) is 12.0. The third-order valence-electron chi connectivity index (χ3n) is 2.93. The van der Waals surface area contributed by atoms with Crippen LogP contribution in [0.25, 0.3) is 11.1 Å². The molecule has 0 saturated heterocycles. The maximum absolute atomic E-state index is 6.11. The van der Waals surface area contributed by atoms with Gasteiger partial charge >= 0.3 is 115 Å². The third kappa shape index (κ3) is 2.03. The molecule has 0 fully saturated rings. The molecule has 0 unspecified atom stereocenters. The van der Waals surface area contributed by atoms with Crippen molar-refractivity contribution >= 4 is 22.0 Å². The van der Waals surface area contributed by atoms with Gasteiger partial charge in [0.1, 0.15) is 0 Å². The van der Waals surface area contributed by atoms with Gasteiger partial charge in [-0.05, 0) is 0 Å².